The van der Waals surface area contributed by atoms with E-state index in [2.05, 4.69) is 6.92 Å². The summed E-state index contributed by atoms with van der Waals surface area (Å²) < 4.78 is 5.31. The predicted octanol–water partition coefficient (Wildman–Crippen LogP) is 0.981. The van der Waals surface area contributed by atoms with Gasteiger partial charge in [0, 0.05) is 0 Å². The molecule has 0 saturated carbocycles. The third-order valence-corrected chi connectivity index (χ3v) is 2.04. The lowest BCUT2D eigenvalue weighted by Gasteiger charge is -2.14. The molecule has 0 heterocycles. The van der Waals surface area contributed by atoms with Crippen molar-refractivity contribution in [2.45, 2.75) is 19.4 Å². The molecule has 0 unspecified atom stereocenters. The van der Waals surface area contributed by atoms with E-state index in [1.54, 1.807) is 0 Å². The van der Waals surface area contributed by atoms with Crippen LogP contribution >= 0.6 is 0 Å². The number of hydrogen-bond donors (Lipinski definition) is 2. The van der Waals surface area contributed by atoms with Crippen molar-refractivity contribution in [2.75, 3.05) is 13.2 Å². The molecule has 0 aromatic heterocycles. The van der Waals surface area contributed by atoms with Crippen molar-refractivity contribution in [1.82, 2.24) is 0 Å². The van der Waals surface area contributed by atoms with Crippen LogP contribution in [-0.4, -0.2) is 29.5 Å². The summed E-state index contributed by atoms with van der Waals surface area (Å²) in [7, 11) is 0. The molecule has 2 N–H and O–H groups in total. The highest BCUT2D eigenvalue weighted by Crippen LogP contribution is 2.13. The number of ether oxygens (including phenoxy) is 1. The minimum Gasteiger partial charge on any atom is -0.486 e. The van der Waals surface area contributed by atoms with E-state index in [0.29, 0.717) is 5.75 Å². The van der Waals surface area contributed by atoms with E-state index in [4.69, 9.17) is 14.9 Å². The Balaban J connectivity index is 2.58. The Morgan fingerprint density at radius 1 is 1.14 bits per heavy atom. The predicted molar refractivity (Wildman–Crippen MR) is 54.4 cm³/mol. The summed E-state index contributed by atoms with van der Waals surface area (Å²) in [5.41, 5.74) is 1.24. The third-order valence-electron chi connectivity index (χ3n) is 2.04. The molecule has 0 aliphatic carbocycles. The number of aryl methyl sites for hydroxylation is 1. The van der Waals surface area contributed by atoms with Gasteiger partial charge in [0.2, 0.25) is 0 Å². The second-order valence-corrected chi connectivity index (χ2v) is 3.10. The summed E-state index contributed by atoms with van der Waals surface area (Å²) in [6.45, 7) is 1.73. The summed E-state index contributed by atoms with van der Waals surface area (Å²) in [6, 6.07) is 7.64. The first-order valence-corrected chi connectivity index (χ1v) is 4.77. The van der Waals surface area contributed by atoms with Crippen LogP contribution in [0.5, 0.6) is 5.75 Å². The van der Waals surface area contributed by atoms with E-state index in [1.165, 1.54) is 5.56 Å². The minimum absolute atomic E-state index is 0.175. The fraction of sp³-hybridized carbons (Fsp3) is 0.455. The highest BCUT2D eigenvalue weighted by molar-refractivity contribution is 5.27. The Morgan fingerprint density at radius 3 is 2.14 bits per heavy atom. The Bertz CT molecular complexity index is 252. The zero-order chi connectivity index (χ0) is 10.4. The molecule has 0 aliphatic heterocycles. The van der Waals surface area contributed by atoms with Gasteiger partial charge in [-0.15, -0.1) is 0 Å². The van der Waals surface area contributed by atoms with Crippen molar-refractivity contribution in [3.05, 3.63) is 29.8 Å². The molecule has 1 rings (SSSR count). The van der Waals surface area contributed by atoms with Gasteiger partial charge in [0.1, 0.15) is 11.9 Å². The lowest BCUT2D eigenvalue weighted by Crippen LogP contribution is -2.25. The molecule has 0 saturated heterocycles. The summed E-state index contributed by atoms with van der Waals surface area (Å²) in [5, 5.41) is 17.6. The molecular formula is C11H16O3. The minimum atomic E-state index is -0.525. The van der Waals surface area contributed by atoms with Crippen LogP contribution in [0.15, 0.2) is 24.3 Å². The molecule has 1 aromatic rings. The summed E-state index contributed by atoms with van der Waals surface area (Å²) >= 11 is 0. The third kappa shape index (κ3) is 3.01. The smallest absolute Gasteiger partial charge is 0.145 e. The van der Waals surface area contributed by atoms with Crippen LogP contribution in [0.3, 0.4) is 0 Å². The molecule has 3 nitrogen and oxygen atoms in total. The highest BCUT2D eigenvalue weighted by atomic mass is 16.5. The SMILES string of the molecule is CCc1ccc(OC(CO)CO)cc1. The van der Waals surface area contributed by atoms with Crippen molar-refractivity contribution in [3.8, 4) is 5.75 Å². The lowest BCUT2D eigenvalue weighted by atomic mass is 10.2. The van der Waals surface area contributed by atoms with Crippen molar-refractivity contribution in [2.24, 2.45) is 0 Å². The molecule has 0 spiro atoms. The van der Waals surface area contributed by atoms with E-state index in [-0.39, 0.29) is 13.2 Å². The molecular weight excluding hydrogens is 180 g/mol. The maximum atomic E-state index is 8.80. The maximum absolute atomic E-state index is 8.80. The van der Waals surface area contributed by atoms with Gasteiger partial charge in [-0.25, -0.2) is 0 Å². The second-order valence-electron chi connectivity index (χ2n) is 3.10. The van der Waals surface area contributed by atoms with Crippen LogP contribution < -0.4 is 4.74 Å². The average molecular weight is 196 g/mol. The van der Waals surface area contributed by atoms with Crippen LogP contribution in [0.25, 0.3) is 0 Å². The summed E-state index contributed by atoms with van der Waals surface area (Å²) in [4.78, 5) is 0. The molecule has 78 valence electrons. The molecule has 3 heteroatoms. The summed E-state index contributed by atoms with van der Waals surface area (Å²) in [6.07, 6.45) is 0.464. The molecule has 0 radical (unpaired) electrons. The molecule has 14 heavy (non-hydrogen) atoms. The Kier molecular flexibility index (Phi) is 4.43. The Hall–Kier alpha value is -1.06. The van der Waals surface area contributed by atoms with Crippen molar-refractivity contribution >= 4 is 0 Å². The Morgan fingerprint density at radius 2 is 1.71 bits per heavy atom. The molecule has 1 aromatic carbocycles. The number of aliphatic hydroxyl groups is 2. The van der Waals surface area contributed by atoms with E-state index in [0.717, 1.165) is 6.42 Å². The van der Waals surface area contributed by atoms with Gasteiger partial charge in [-0.3, -0.25) is 0 Å². The number of aliphatic hydroxyl groups excluding tert-OH is 2. The first-order chi connectivity index (χ1) is 6.80. The molecule has 0 atom stereocenters. The van der Waals surface area contributed by atoms with E-state index in [9.17, 15) is 0 Å². The van der Waals surface area contributed by atoms with Gasteiger partial charge in [-0.05, 0) is 24.1 Å². The van der Waals surface area contributed by atoms with Gasteiger partial charge in [0.25, 0.3) is 0 Å². The summed E-state index contributed by atoms with van der Waals surface area (Å²) in [5.74, 6) is 0.676. The zero-order valence-electron chi connectivity index (χ0n) is 8.31. The van der Waals surface area contributed by atoms with Crippen molar-refractivity contribution in [3.63, 3.8) is 0 Å². The quantitative estimate of drug-likeness (QED) is 0.738. The van der Waals surface area contributed by atoms with Gasteiger partial charge in [0.15, 0.2) is 0 Å². The lowest BCUT2D eigenvalue weighted by molar-refractivity contribution is 0.0629. The number of rotatable bonds is 5. The van der Waals surface area contributed by atoms with E-state index in [1.807, 2.05) is 24.3 Å². The van der Waals surface area contributed by atoms with Gasteiger partial charge < -0.3 is 14.9 Å². The molecule has 0 bridgehead atoms. The fourth-order valence-electron chi connectivity index (χ4n) is 1.13. The van der Waals surface area contributed by atoms with Crippen LogP contribution in [0.4, 0.5) is 0 Å². The van der Waals surface area contributed by atoms with Gasteiger partial charge in [-0.1, -0.05) is 19.1 Å². The molecule has 0 aliphatic rings. The average Bonchev–Trinajstić information content (AvgIpc) is 2.26. The van der Waals surface area contributed by atoms with Crippen molar-refractivity contribution in [1.29, 1.82) is 0 Å². The second kappa shape index (κ2) is 5.62. The highest BCUT2D eigenvalue weighted by Gasteiger charge is 2.06. The van der Waals surface area contributed by atoms with Crippen LogP contribution in [-0.2, 0) is 6.42 Å². The number of hydrogen-bond acceptors (Lipinski definition) is 3. The Labute approximate surface area is 84.0 Å². The van der Waals surface area contributed by atoms with Crippen LogP contribution in [0, 0.1) is 0 Å². The van der Waals surface area contributed by atoms with E-state index >= 15 is 0 Å². The maximum Gasteiger partial charge on any atom is 0.145 e. The normalized spacial score (nSPS) is 10.6. The first kappa shape index (κ1) is 11.0. The standard InChI is InChI=1S/C11H16O3/c1-2-9-3-5-10(6-4-9)14-11(7-12)8-13/h3-6,11-13H,2,7-8H2,1H3. The van der Waals surface area contributed by atoms with Gasteiger partial charge in [0.05, 0.1) is 13.2 Å². The van der Waals surface area contributed by atoms with Gasteiger partial charge >= 0.3 is 0 Å². The van der Waals surface area contributed by atoms with Crippen LogP contribution in [0.2, 0.25) is 0 Å². The topological polar surface area (TPSA) is 49.7 Å². The molecule has 0 amide bonds. The monoisotopic (exact) mass is 196 g/mol. The van der Waals surface area contributed by atoms with E-state index < -0.39 is 6.10 Å². The largest absolute Gasteiger partial charge is 0.486 e. The molecule has 0 fully saturated rings. The zero-order valence-corrected chi connectivity index (χ0v) is 8.31. The van der Waals surface area contributed by atoms with Crippen LogP contribution in [0.1, 0.15) is 12.5 Å². The fourth-order valence-corrected chi connectivity index (χ4v) is 1.13. The number of benzene rings is 1. The van der Waals surface area contributed by atoms with Gasteiger partial charge in [-0.2, -0.15) is 0 Å². The van der Waals surface area contributed by atoms with Crippen molar-refractivity contribution < 1.29 is 14.9 Å². The first-order valence-electron chi connectivity index (χ1n) is 4.77.